The minimum atomic E-state index is 0.158. The normalized spacial score (nSPS) is 15.3. The van der Waals surface area contributed by atoms with Crippen molar-refractivity contribution in [2.45, 2.75) is 6.54 Å². The first-order valence-electron chi connectivity index (χ1n) is 8.25. The second-order valence-electron chi connectivity index (χ2n) is 5.98. The number of nitrogens with one attached hydrogen (secondary N) is 1. The SMILES string of the molecule is O=C(CNc1ccccc1Br)N1CCN(Cc2ccccc2)CC1. The molecule has 5 heteroatoms. The van der Waals surface area contributed by atoms with Gasteiger partial charge in [-0.1, -0.05) is 42.5 Å². The maximum absolute atomic E-state index is 12.4. The zero-order chi connectivity index (χ0) is 16.8. The summed E-state index contributed by atoms with van der Waals surface area (Å²) in [6, 6.07) is 18.3. The van der Waals surface area contributed by atoms with Crippen LogP contribution in [0.25, 0.3) is 0 Å². The molecule has 1 amide bonds. The van der Waals surface area contributed by atoms with E-state index in [1.807, 2.05) is 35.2 Å². The molecule has 3 rings (SSSR count). The standard InChI is InChI=1S/C19H22BrN3O/c20-17-8-4-5-9-18(17)21-14-19(24)23-12-10-22(11-13-23)15-16-6-2-1-3-7-16/h1-9,21H,10-15H2. The summed E-state index contributed by atoms with van der Waals surface area (Å²) in [4.78, 5) is 16.7. The molecule has 1 aliphatic rings. The van der Waals surface area contributed by atoms with E-state index in [4.69, 9.17) is 0 Å². The van der Waals surface area contributed by atoms with Crippen molar-refractivity contribution >= 4 is 27.5 Å². The van der Waals surface area contributed by atoms with Crippen molar-refractivity contribution in [2.24, 2.45) is 0 Å². The van der Waals surface area contributed by atoms with Gasteiger partial charge in [0.2, 0.25) is 5.91 Å². The fourth-order valence-corrected chi connectivity index (χ4v) is 3.31. The van der Waals surface area contributed by atoms with E-state index < -0.39 is 0 Å². The van der Waals surface area contributed by atoms with Crippen LogP contribution in [0.5, 0.6) is 0 Å². The van der Waals surface area contributed by atoms with Crippen LogP contribution in [0.4, 0.5) is 5.69 Å². The lowest BCUT2D eigenvalue weighted by Gasteiger charge is -2.35. The fourth-order valence-electron chi connectivity index (χ4n) is 2.88. The lowest BCUT2D eigenvalue weighted by Crippen LogP contribution is -2.49. The molecule has 0 spiro atoms. The first kappa shape index (κ1) is 17.0. The Bertz CT molecular complexity index is 669. The molecule has 4 nitrogen and oxygen atoms in total. The summed E-state index contributed by atoms with van der Waals surface area (Å²) < 4.78 is 0.977. The molecule has 1 fully saturated rings. The highest BCUT2D eigenvalue weighted by molar-refractivity contribution is 9.10. The van der Waals surface area contributed by atoms with Gasteiger partial charge in [0, 0.05) is 42.9 Å². The predicted molar refractivity (Wildman–Crippen MR) is 101 cm³/mol. The molecule has 0 radical (unpaired) electrons. The number of benzene rings is 2. The number of hydrogen-bond donors (Lipinski definition) is 1. The molecule has 0 aliphatic carbocycles. The highest BCUT2D eigenvalue weighted by atomic mass is 79.9. The number of para-hydroxylation sites is 1. The van der Waals surface area contributed by atoms with Gasteiger partial charge in [-0.3, -0.25) is 9.69 Å². The number of rotatable bonds is 5. The summed E-state index contributed by atoms with van der Waals surface area (Å²) in [5.41, 5.74) is 2.28. The Hall–Kier alpha value is -1.85. The average molecular weight is 388 g/mol. The molecular formula is C19H22BrN3O. The molecule has 2 aromatic rings. The van der Waals surface area contributed by atoms with Gasteiger partial charge in [0.1, 0.15) is 0 Å². The van der Waals surface area contributed by atoms with Crippen molar-refractivity contribution in [1.82, 2.24) is 9.80 Å². The minimum absolute atomic E-state index is 0.158. The number of amides is 1. The summed E-state index contributed by atoms with van der Waals surface area (Å²) in [6.45, 7) is 4.73. The van der Waals surface area contributed by atoms with Gasteiger partial charge in [-0.25, -0.2) is 0 Å². The number of piperazine rings is 1. The van der Waals surface area contributed by atoms with Gasteiger partial charge < -0.3 is 10.2 Å². The van der Waals surface area contributed by atoms with Crippen molar-refractivity contribution < 1.29 is 4.79 Å². The largest absolute Gasteiger partial charge is 0.375 e. The Morgan fingerprint density at radius 2 is 1.62 bits per heavy atom. The lowest BCUT2D eigenvalue weighted by molar-refractivity contribution is -0.131. The average Bonchev–Trinajstić information content (AvgIpc) is 2.62. The molecular weight excluding hydrogens is 366 g/mol. The van der Waals surface area contributed by atoms with Crippen LogP contribution in [0.3, 0.4) is 0 Å². The van der Waals surface area contributed by atoms with E-state index in [1.165, 1.54) is 5.56 Å². The van der Waals surface area contributed by atoms with Crippen LogP contribution >= 0.6 is 15.9 Å². The maximum atomic E-state index is 12.4. The van der Waals surface area contributed by atoms with E-state index in [1.54, 1.807) is 0 Å². The van der Waals surface area contributed by atoms with E-state index in [0.29, 0.717) is 6.54 Å². The van der Waals surface area contributed by atoms with Crippen LogP contribution in [0.1, 0.15) is 5.56 Å². The molecule has 0 atom stereocenters. The van der Waals surface area contributed by atoms with Crippen LogP contribution in [0.2, 0.25) is 0 Å². The van der Waals surface area contributed by atoms with Gasteiger partial charge in [-0.15, -0.1) is 0 Å². The van der Waals surface area contributed by atoms with Crippen LogP contribution in [-0.2, 0) is 11.3 Å². The number of carbonyl (C=O) groups is 1. The smallest absolute Gasteiger partial charge is 0.241 e. The Labute approximate surface area is 151 Å². The van der Waals surface area contributed by atoms with Gasteiger partial charge >= 0.3 is 0 Å². The Balaban J connectivity index is 1.44. The van der Waals surface area contributed by atoms with Crippen LogP contribution < -0.4 is 5.32 Å². The Kier molecular flexibility index (Phi) is 5.88. The second-order valence-corrected chi connectivity index (χ2v) is 6.83. The summed E-state index contributed by atoms with van der Waals surface area (Å²) in [7, 11) is 0. The topological polar surface area (TPSA) is 35.6 Å². The van der Waals surface area contributed by atoms with E-state index in [2.05, 4.69) is 50.4 Å². The van der Waals surface area contributed by atoms with Crippen molar-refractivity contribution in [3.63, 3.8) is 0 Å². The molecule has 0 aromatic heterocycles. The number of halogens is 1. The Morgan fingerprint density at radius 3 is 2.33 bits per heavy atom. The van der Waals surface area contributed by atoms with Crippen molar-refractivity contribution in [3.8, 4) is 0 Å². The quantitative estimate of drug-likeness (QED) is 0.855. The molecule has 1 N–H and O–H groups in total. The summed E-state index contributed by atoms with van der Waals surface area (Å²) in [5, 5.41) is 3.21. The molecule has 1 aliphatic heterocycles. The molecule has 1 saturated heterocycles. The molecule has 2 aromatic carbocycles. The third-order valence-corrected chi connectivity index (χ3v) is 4.97. The minimum Gasteiger partial charge on any atom is -0.375 e. The van der Waals surface area contributed by atoms with E-state index >= 15 is 0 Å². The number of carbonyl (C=O) groups excluding carboxylic acids is 1. The molecule has 0 unspecified atom stereocenters. The molecule has 24 heavy (non-hydrogen) atoms. The lowest BCUT2D eigenvalue weighted by atomic mass is 10.2. The third kappa shape index (κ3) is 4.58. The summed E-state index contributed by atoms with van der Waals surface area (Å²) in [5.74, 6) is 0.158. The second kappa shape index (κ2) is 8.31. The van der Waals surface area contributed by atoms with Crippen LogP contribution in [-0.4, -0.2) is 48.4 Å². The molecule has 0 saturated carbocycles. The monoisotopic (exact) mass is 387 g/mol. The number of hydrogen-bond acceptors (Lipinski definition) is 3. The zero-order valence-corrected chi connectivity index (χ0v) is 15.2. The van der Waals surface area contributed by atoms with Crippen LogP contribution in [0.15, 0.2) is 59.1 Å². The van der Waals surface area contributed by atoms with Gasteiger partial charge in [-0.05, 0) is 33.6 Å². The molecule has 1 heterocycles. The molecule has 126 valence electrons. The van der Waals surface area contributed by atoms with Gasteiger partial charge in [0.05, 0.1) is 6.54 Å². The summed E-state index contributed by atoms with van der Waals surface area (Å²) in [6.07, 6.45) is 0. The summed E-state index contributed by atoms with van der Waals surface area (Å²) >= 11 is 3.49. The van der Waals surface area contributed by atoms with Crippen molar-refractivity contribution in [2.75, 3.05) is 38.0 Å². The van der Waals surface area contributed by atoms with Gasteiger partial charge in [-0.2, -0.15) is 0 Å². The van der Waals surface area contributed by atoms with Gasteiger partial charge in [0.15, 0.2) is 0 Å². The zero-order valence-electron chi connectivity index (χ0n) is 13.6. The molecule has 0 bridgehead atoms. The highest BCUT2D eigenvalue weighted by Crippen LogP contribution is 2.20. The predicted octanol–water partition coefficient (Wildman–Crippen LogP) is 3.21. The number of anilines is 1. The third-order valence-electron chi connectivity index (χ3n) is 4.28. The first-order valence-corrected chi connectivity index (χ1v) is 9.04. The fraction of sp³-hybridized carbons (Fsp3) is 0.316. The van der Waals surface area contributed by atoms with Crippen molar-refractivity contribution in [1.29, 1.82) is 0 Å². The first-order chi connectivity index (χ1) is 11.7. The van der Waals surface area contributed by atoms with E-state index in [0.717, 1.165) is 42.9 Å². The van der Waals surface area contributed by atoms with E-state index in [9.17, 15) is 4.79 Å². The van der Waals surface area contributed by atoms with Gasteiger partial charge in [0.25, 0.3) is 0 Å². The Morgan fingerprint density at radius 1 is 0.958 bits per heavy atom. The van der Waals surface area contributed by atoms with Crippen LogP contribution in [0, 0.1) is 0 Å². The maximum Gasteiger partial charge on any atom is 0.241 e. The van der Waals surface area contributed by atoms with Crippen molar-refractivity contribution in [3.05, 3.63) is 64.6 Å². The highest BCUT2D eigenvalue weighted by Gasteiger charge is 2.20. The van der Waals surface area contributed by atoms with E-state index in [-0.39, 0.29) is 5.91 Å². The number of nitrogens with zero attached hydrogens (tertiary/aromatic N) is 2.